The van der Waals surface area contributed by atoms with Crippen LogP contribution in [0.1, 0.15) is 38.2 Å². The van der Waals surface area contributed by atoms with Gasteiger partial charge in [-0.05, 0) is 31.7 Å². The minimum absolute atomic E-state index is 1.10. The van der Waals surface area contributed by atoms with Crippen LogP contribution >= 0.6 is 0 Å². The van der Waals surface area contributed by atoms with Crippen molar-refractivity contribution >= 4 is 5.70 Å². The fourth-order valence-electron chi connectivity index (χ4n) is 2.45. The first-order chi connectivity index (χ1) is 8.33. The molecule has 1 heterocycles. The van der Waals surface area contributed by atoms with Gasteiger partial charge in [-0.3, -0.25) is 0 Å². The number of nitrogens with zero attached hydrogens (tertiary/aromatic N) is 1. The molecule has 90 valence electrons. The average molecular weight is 227 g/mol. The highest BCUT2D eigenvalue weighted by Gasteiger charge is 2.16. The van der Waals surface area contributed by atoms with E-state index in [4.69, 9.17) is 0 Å². The zero-order valence-electron chi connectivity index (χ0n) is 10.7. The van der Waals surface area contributed by atoms with Crippen LogP contribution < -0.4 is 0 Å². The van der Waals surface area contributed by atoms with Gasteiger partial charge in [0.15, 0.2) is 0 Å². The zero-order chi connectivity index (χ0) is 12.1. The number of likely N-dealkylation sites (tertiary alicyclic amines) is 1. The molecule has 1 saturated heterocycles. The number of benzene rings is 1. The summed E-state index contributed by atoms with van der Waals surface area (Å²) in [6, 6.07) is 10.6. The van der Waals surface area contributed by atoms with E-state index >= 15 is 0 Å². The number of hydrogen-bond donors (Lipinski definition) is 0. The Labute approximate surface area is 104 Å². The summed E-state index contributed by atoms with van der Waals surface area (Å²) < 4.78 is 0. The summed E-state index contributed by atoms with van der Waals surface area (Å²) in [6.07, 6.45) is 7.20. The quantitative estimate of drug-likeness (QED) is 0.722. The summed E-state index contributed by atoms with van der Waals surface area (Å²) in [5.74, 6) is 0. The Kier molecular flexibility index (Phi) is 4.03. The molecule has 0 bridgehead atoms. The van der Waals surface area contributed by atoms with Crippen molar-refractivity contribution in [3.8, 4) is 0 Å². The standard InChI is InChI=1S/C16H21N/c1-3-16(15-11-7-4-8-12-15)17-13-9-5-6-10-14(17)2/h3-4,7-8,11-12H,2,5-6,9-10,13H2,1H3/b16-3-. The Morgan fingerprint density at radius 1 is 1.18 bits per heavy atom. The molecule has 0 aromatic heterocycles. The van der Waals surface area contributed by atoms with Gasteiger partial charge < -0.3 is 4.90 Å². The Bertz CT molecular complexity index is 403. The van der Waals surface area contributed by atoms with E-state index in [1.807, 2.05) is 0 Å². The average Bonchev–Trinajstić information content (AvgIpc) is 2.58. The largest absolute Gasteiger partial charge is 0.345 e. The lowest BCUT2D eigenvalue weighted by atomic mass is 10.1. The van der Waals surface area contributed by atoms with Crippen LogP contribution in [0.15, 0.2) is 48.7 Å². The molecule has 1 fully saturated rings. The van der Waals surface area contributed by atoms with Crippen molar-refractivity contribution in [1.29, 1.82) is 0 Å². The second-order valence-corrected chi connectivity index (χ2v) is 4.57. The van der Waals surface area contributed by atoms with E-state index < -0.39 is 0 Å². The molecule has 0 radical (unpaired) electrons. The van der Waals surface area contributed by atoms with Crippen molar-refractivity contribution in [2.24, 2.45) is 0 Å². The molecule has 17 heavy (non-hydrogen) atoms. The summed E-state index contributed by atoms with van der Waals surface area (Å²) >= 11 is 0. The molecule has 0 amide bonds. The van der Waals surface area contributed by atoms with Crippen molar-refractivity contribution in [1.82, 2.24) is 4.90 Å². The normalized spacial score (nSPS) is 18.1. The number of rotatable bonds is 2. The molecule has 1 aromatic rings. The summed E-state index contributed by atoms with van der Waals surface area (Å²) in [5, 5.41) is 0. The van der Waals surface area contributed by atoms with E-state index in [2.05, 4.69) is 54.8 Å². The summed E-state index contributed by atoms with van der Waals surface area (Å²) in [7, 11) is 0. The maximum absolute atomic E-state index is 4.24. The summed E-state index contributed by atoms with van der Waals surface area (Å²) in [6.45, 7) is 7.45. The third-order valence-electron chi connectivity index (χ3n) is 3.36. The number of allylic oxidation sites excluding steroid dienone is 2. The van der Waals surface area contributed by atoms with Crippen LogP contribution in [-0.2, 0) is 0 Å². The van der Waals surface area contributed by atoms with Crippen molar-refractivity contribution < 1.29 is 0 Å². The van der Waals surface area contributed by atoms with Crippen molar-refractivity contribution in [3.63, 3.8) is 0 Å². The summed E-state index contributed by atoms with van der Waals surface area (Å²) in [5.41, 5.74) is 3.86. The van der Waals surface area contributed by atoms with Gasteiger partial charge in [-0.2, -0.15) is 0 Å². The van der Waals surface area contributed by atoms with Gasteiger partial charge >= 0.3 is 0 Å². The Morgan fingerprint density at radius 3 is 2.65 bits per heavy atom. The second kappa shape index (κ2) is 5.72. The lowest BCUT2D eigenvalue weighted by molar-refractivity contribution is 0.486. The molecule has 1 aliphatic rings. The monoisotopic (exact) mass is 227 g/mol. The van der Waals surface area contributed by atoms with Crippen LogP contribution in [0.2, 0.25) is 0 Å². The predicted octanol–water partition coefficient (Wildman–Crippen LogP) is 4.44. The molecule has 0 unspecified atom stereocenters. The molecule has 0 atom stereocenters. The van der Waals surface area contributed by atoms with E-state index in [-0.39, 0.29) is 0 Å². The summed E-state index contributed by atoms with van der Waals surface area (Å²) in [4.78, 5) is 2.39. The topological polar surface area (TPSA) is 3.24 Å². The van der Waals surface area contributed by atoms with Crippen molar-refractivity contribution in [2.45, 2.75) is 32.6 Å². The van der Waals surface area contributed by atoms with E-state index in [1.54, 1.807) is 0 Å². The highest BCUT2D eigenvalue weighted by atomic mass is 15.1. The maximum Gasteiger partial charge on any atom is 0.0438 e. The predicted molar refractivity (Wildman–Crippen MR) is 74.4 cm³/mol. The fourth-order valence-corrected chi connectivity index (χ4v) is 2.45. The van der Waals surface area contributed by atoms with Crippen LogP contribution in [0.25, 0.3) is 5.70 Å². The van der Waals surface area contributed by atoms with Crippen molar-refractivity contribution in [2.75, 3.05) is 6.54 Å². The molecule has 0 aliphatic carbocycles. The Hall–Kier alpha value is -1.50. The van der Waals surface area contributed by atoms with E-state index in [1.165, 1.54) is 36.2 Å². The van der Waals surface area contributed by atoms with Crippen LogP contribution in [-0.4, -0.2) is 11.4 Å². The van der Waals surface area contributed by atoms with Crippen LogP contribution in [0.5, 0.6) is 0 Å². The Balaban J connectivity index is 2.26. The van der Waals surface area contributed by atoms with Gasteiger partial charge in [0.2, 0.25) is 0 Å². The minimum Gasteiger partial charge on any atom is -0.345 e. The van der Waals surface area contributed by atoms with Gasteiger partial charge in [0, 0.05) is 17.9 Å². The van der Waals surface area contributed by atoms with E-state index in [0.29, 0.717) is 0 Å². The molecule has 1 heteroatoms. The number of hydrogen-bond acceptors (Lipinski definition) is 1. The van der Waals surface area contributed by atoms with Gasteiger partial charge in [0.25, 0.3) is 0 Å². The van der Waals surface area contributed by atoms with E-state index in [0.717, 1.165) is 13.0 Å². The van der Waals surface area contributed by atoms with Crippen LogP contribution in [0.4, 0.5) is 0 Å². The van der Waals surface area contributed by atoms with Gasteiger partial charge in [-0.1, -0.05) is 49.4 Å². The SMILES string of the molecule is C=C1CCCCCN1/C(=C\C)c1ccccc1. The lowest BCUT2D eigenvalue weighted by Crippen LogP contribution is -2.20. The van der Waals surface area contributed by atoms with Crippen LogP contribution in [0.3, 0.4) is 0 Å². The molecule has 0 spiro atoms. The highest BCUT2D eigenvalue weighted by Crippen LogP contribution is 2.28. The van der Waals surface area contributed by atoms with Gasteiger partial charge in [-0.15, -0.1) is 0 Å². The van der Waals surface area contributed by atoms with Crippen molar-refractivity contribution in [3.05, 3.63) is 54.2 Å². The lowest BCUT2D eigenvalue weighted by Gasteiger charge is -2.27. The first-order valence-electron chi connectivity index (χ1n) is 6.50. The second-order valence-electron chi connectivity index (χ2n) is 4.57. The first-order valence-corrected chi connectivity index (χ1v) is 6.50. The van der Waals surface area contributed by atoms with E-state index in [9.17, 15) is 0 Å². The molecule has 1 aromatic carbocycles. The first kappa shape index (κ1) is 12.0. The Morgan fingerprint density at radius 2 is 1.94 bits per heavy atom. The zero-order valence-corrected chi connectivity index (χ0v) is 10.7. The molecular formula is C16H21N. The van der Waals surface area contributed by atoms with Gasteiger partial charge in [0.05, 0.1) is 0 Å². The van der Waals surface area contributed by atoms with Crippen LogP contribution in [0, 0.1) is 0 Å². The van der Waals surface area contributed by atoms with Gasteiger partial charge in [-0.25, -0.2) is 0 Å². The molecule has 1 aliphatic heterocycles. The third kappa shape index (κ3) is 2.79. The molecule has 0 N–H and O–H groups in total. The molecule has 2 rings (SSSR count). The minimum atomic E-state index is 1.10. The molecular weight excluding hydrogens is 206 g/mol. The molecule has 1 nitrogen and oxygen atoms in total. The highest BCUT2D eigenvalue weighted by molar-refractivity contribution is 5.65. The smallest absolute Gasteiger partial charge is 0.0438 e. The molecule has 0 saturated carbocycles. The third-order valence-corrected chi connectivity index (χ3v) is 3.36. The maximum atomic E-state index is 4.24. The fraction of sp³-hybridized carbons (Fsp3) is 0.375. The van der Waals surface area contributed by atoms with Gasteiger partial charge in [0.1, 0.15) is 0 Å².